The van der Waals surface area contributed by atoms with Gasteiger partial charge >= 0.3 is 0 Å². The Morgan fingerprint density at radius 1 is 1.54 bits per heavy atom. The molecule has 67 valence electrons. The van der Waals surface area contributed by atoms with E-state index in [4.69, 9.17) is 0 Å². The Bertz CT molecular complexity index is 305. The molecule has 0 atom stereocenters. The standard InChI is InChI=1S/C12H14N/c1-2-5-11-7-9-13-8-4-3-6-12(13)10-11/h3-4,6-7,9H,2,5,8H2,1H3. The molecule has 0 saturated heterocycles. The van der Waals surface area contributed by atoms with Gasteiger partial charge in [0.15, 0.2) is 0 Å². The molecule has 0 aromatic heterocycles. The highest BCUT2D eigenvalue weighted by molar-refractivity contribution is 5.34. The average molecular weight is 172 g/mol. The molecule has 0 amide bonds. The molecule has 2 heterocycles. The lowest BCUT2D eigenvalue weighted by molar-refractivity contribution is 0.515. The van der Waals surface area contributed by atoms with Gasteiger partial charge in [0.1, 0.15) is 0 Å². The molecule has 0 aromatic rings. The van der Waals surface area contributed by atoms with E-state index in [1.165, 1.54) is 17.7 Å². The predicted molar refractivity (Wildman–Crippen MR) is 54.7 cm³/mol. The Hall–Kier alpha value is -1.24. The first kappa shape index (κ1) is 8.36. The molecule has 0 saturated carbocycles. The lowest BCUT2D eigenvalue weighted by atomic mass is 10.1. The van der Waals surface area contributed by atoms with Crippen molar-refractivity contribution < 1.29 is 0 Å². The molecular weight excluding hydrogens is 158 g/mol. The molecule has 0 aliphatic carbocycles. The van der Waals surface area contributed by atoms with Crippen LogP contribution in [0.1, 0.15) is 19.8 Å². The van der Waals surface area contributed by atoms with Gasteiger partial charge in [0.25, 0.3) is 0 Å². The number of hydrogen-bond donors (Lipinski definition) is 0. The van der Waals surface area contributed by atoms with E-state index in [0.29, 0.717) is 0 Å². The van der Waals surface area contributed by atoms with Crippen LogP contribution in [0.5, 0.6) is 0 Å². The molecule has 1 nitrogen and oxygen atoms in total. The summed E-state index contributed by atoms with van der Waals surface area (Å²) in [4.78, 5) is 2.21. The van der Waals surface area contributed by atoms with Gasteiger partial charge in [-0.1, -0.05) is 25.5 Å². The van der Waals surface area contributed by atoms with Crippen molar-refractivity contribution in [1.82, 2.24) is 4.90 Å². The van der Waals surface area contributed by atoms with E-state index in [1.807, 2.05) is 0 Å². The van der Waals surface area contributed by atoms with Gasteiger partial charge < -0.3 is 4.90 Å². The van der Waals surface area contributed by atoms with Crippen LogP contribution in [0.25, 0.3) is 0 Å². The largest absolute Gasteiger partial charge is 0.344 e. The van der Waals surface area contributed by atoms with Crippen LogP contribution in [-0.2, 0) is 0 Å². The van der Waals surface area contributed by atoms with E-state index in [-0.39, 0.29) is 0 Å². The van der Waals surface area contributed by atoms with E-state index >= 15 is 0 Å². The van der Waals surface area contributed by atoms with Crippen LogP contribution in [0.15, 0.2) is 41.8 Å². The summed E-state index contributed by atoms with van der Waals surface area (Å²) in [5, 5.41) is 0. The molecule has 0 unspecified atom stereocenters. The normalized spacial score (nSPS) is 19.6. The first-order chi connectivity index (χ1) is 6.40. The molecule has 1 heteroatoms. The third-order valence-corrected chi connectivity index (χ3v) is 2.27. The zero-order valence-corrected chi connectivity index (χ0v) is 7.96. The van der Waals surface area contributed by atoms with E-state index in [1.54, 1.807) is 0 Å². The topological polar surface area (TPSA) is 3.24 Å². The van der Waals surface area contributed by atoms with E-state index in [9.17, 15) is 0 Å². The highest BCUT2D eigenvalue weighted by Gasteiger charge is 2.10. The SMILES string of the molecule is CCCC1=[C]C2=CC=CCN2C=C1. The summed E-state index contributed by atoms with van der Waals surface area (Å²) in [7, 11) is 0. The van der Waals surface area contributed by atoms with Gasteiger partial charge in [-0.2, -0.15) is 0 Å². The number of nitrogens with zero attached hydrogens (tertiary/aromatic N) is 1. The Labute approximate surface area is 79.7 Å². The zero-order chi connectivity index (χ0) is 9.10. The van der Waals surface area contributed by atoms with Crippen LogP contribution < -0.4 is 0 Å². The van der Waals surface area contributed by atoms with E-state index in [0.717, 1.165) is 13.0 Å². The van der Waals surface area contributed by atoms with Crippen molar-refractivity contribution in [3.8, 4) is 0 Å². The lowest BCUT2D eigenvalue weighted by Gasteiger charge is -2.25. The quantitative estimate of drug-likeness (QED) is 0.619. The summed E-state index contributed by atoms with van der Waals surface area (Å²) in [6.45, 7) is 3.18. The molecule has 0 bridgehead atoms. The van der Waals surface area contributed by atoms with Gasteiger partial charge in [0.2, 0.25) is 0 Å². The third-order valence-electron chi connectivity index (χ3n) is 2.27. The molecule has 2 aliphatic heterocycles. The van der Waals surface area contributed by atoms with Crippen LogP contribution >= 0.6 is 0 Å². The molecule has 0 spiro atoms. The van der Waals surface area contributed by atoms with Crippen molar-refractivity contribution in [2.75, 3.05) is 6.54 Å². The molecule has 13 heavy (non-hydrogen) atoms. The molecule has 0 fully saturated rings. The summed E-state index contributed by atoms with van der Waals surface area (Å²) in [5.41, 5.74) is 2.52. The second-order valence-corrected chi connectivity index (χ2v) is 3.35. The number of allylic oxidation sites excluding steroid dienone is 5. The van der Waals surface area contributed by atoms with Gasteiger partial charge in [-0.05, 0) is 24.1 Å². The highest BCUT2D eigenvalue weighted by atomic mass is 15.1. The lowest BCUT2D eigenvalue weighted by Crippen LogP contribution is -2.20. The predicted octanol–water partition coefficient (Wildman–Crippen LogP) is 2.80. The fourth-order valence-corrected chi connectivity index (χ4v) is 1.58. The minimum absolute atomic E-state index is 0.981. The third kappa shape index (κ3) is 1.74. The second-order valence-electron chi connectivity index (χ2n) is 3.35. The fourth-order valence-electron chi connectivity index (χ4n) is 1.58. The van der Waals surface area contributed by atoms with Crippen molar-refractivity contribution >= 4 is 0 Å². The number of fused-ring (bicyclic) bond motifs is 1. The summed E-state index contributed by atoms with van der Waals surface area (Å²) >= 11 is 0. The maximum Gasteiger partial charge on any atom is 0.0492 e. The van der Waals surface area contributed by atoms with Crippen LogP contribution in [0, 0.1) is 6.08 Å². The fraction of sp³-hybridized carbons (Fsp3) is 0.333. The average Bonchev–Trinajstić information content (AvgIpc) is 2.18. The van der Waals surface area contributed by atoms with Crippen molar-refractivity contribution in [3.63, 3.8) is 0 Å². The smallest absolute Gasteiger partial charge is 0.0492 e. The van der Waals surface area contributed by atoms with Gasteiger partial charge in [0, 0.05) is 24.5 Å². The van der Waals surface area contributed by atoms with Crippen molar-refractivity contribution in [1.29, 1.82) is 0 Å². The number of hydrogen-bond acceptors (Lipinski definition) is 1. The van der Waals surface area contributed by atoms with Crippen molar-refractivity contribution in [2.24, 2.45) is 0 Å². The molecule has 0 aromatic carbocycles. The van der Waals surface area contributed by atoms with E-state index in [2.05, 4.69) is 48.4 Å². The van der Waals surface area contributed by atoms with E-state index < -0.39 is 0 Å². The summed E-state index contributed by atoms with van der Waals surface area (Å²) < 4.78 is 0. The minimum atomic E-state index is 0.981. The minimum Gasteiger partial charge on any atom is -0.344 e. The van der Waals surface area contributed by atoms with Crippen LogP contribution in [0.4, 0.5) is 0 Å². The molecular formula is C12H14N. The number of rotatable bonds is 2. The van der Waals surface area contributed by atoms with Crippen LogP contribution in [0.3, 0.4) is 0 Å². The van der Waals surface area contributed by atoms with Gasteiger partial charge in [0.05, 0.1) is 0 Å². The van der Waals surface area contributed by atoms with Crippen LogP contribution in [-0.4, -0.2) is 11.4 Å². The van der Waals surface area contributed by atoms with Crippen molar-refractivity contribution in [3.05, 3.63) is 47.9 Å². The first-order valence-electron chi connectivity index (χ1n) is 4.84. The molecule has 2 rings (SSSR count). The summed E-state index contributed by atoms with van der Waals surface area (Å²) in [5.74, 6) is 0. The Kier molecular flexibility index (Phi) is 2.35. The maximum absolute atomic E-state index is 3.42. The maximum atomic E-state index is 3.42. The first-order valence-corrected chi connectivity index (χ1v) is 4.84. The molecule has 1 radical (unpaired) electrons. The Morgan fingerprint density at radius 3 is 3.31 bits per heavy atom. The summed E-state index contributed by atoms with van der Waals surface area (Å²) in [6, 6.07) is 0. The van der Waals surface area contributed by atoms with Crippen LogP contribution in [0.2, 0.25) is 0 Å². The Morgan fingerprint density at radius 2 is 2.46 bits per heavy atom. The molecule has 0 N–H and O–H groups in total. The Balaban J connectivity index is 2.18. The van der Waals surface area contributed by atoms with Gasteiger partial charge in [-0.3, -0.25) is 0 Å². The zero-order valence-electron chi connectivity index (χ0n) is 7.96. The monoisotopic (exact) mass is 172 g/mol. The molecule has 2 aliphatic rings. The van der Waals surface area contributed by atoms with Crippen molar-refractivity contribution in [2.45, 2.75) is 19.8 Å². The van der Waals surface area contributed by atoms with Gasteiger partial charge in [-0.25, -0.2) is 0 Å². The highest BCUT2D eigenvalue weighted by Crippen LogP contribution is 2.20. The van der Waals surface area contributed by atoms with Gasteiger partial charge in [-0.15, -0.1) is 0 Å². The summed E-state index contributed by atoms with van der Waals surface area (Å²) in [6.07, 6.45) is 16.4. The second kappa shape index (κ2) is 3.65.